The van der Waals surface area contributed by atoms with Crippen molar-refractivity contribution in [1.29, 1.82) is 0 Å². The first-order chi connectivity index (χ1) is 8.84. The lowest BCUT2D eigenvalue weighted by Crippen LogP contribution is -2.20. The van der Waals surface area contributed by atoms with Crippen molar-refractivity contribution in [1.82, 2.24) is 0 Å². The van der Waals surface area contributed by atoms with Crippen LogP contribution in [-0.4, -0.2) is 19.8 Å². The van der Waals surface area contributed by atoms with Gasteiger partial charge in [0, 0.05) is 7.11 Å². The number of halogens is 3. The van der Waals surface area contributed by atoms with Gasteiger partial charge in [0.05, 0.1) is 12.2 Å². The molecule has 2 nitrogen and oxygen atoms in total. The summed E-state index contributed by atoms with van der Waals surface area (Å²) in [4.78, 5) is 0. The van der Waals surface area contributed by atoms with Gasteiger partial charge in [-0.05, 0) is 26.0 Å². The van der Waals surface area contributed by atoms with E-state index < -0.39 is 17.8 Å². The molecular weight excluding hydrogens is 257 g/mol. The molecule has 0 spiro atoms. The quantitative estimate of drug-likeness (QED) is 0.810. The van der Waals surface area contributed by atoms with Crippen LogP contribution in [0.25, 0.3) is 0 Å². The Morgan fingerprint density at radius 3 is 2.26 bits per heavy atom. The number of hydrogen-bond donors (Lipinski definition) is 0. The van der Waals surface area contributed by atoms with Gasteiger partial charge >= 0.3 is 6.18 Å². The molecule has 0 aliphatic heterocycles. The minimum atomic E-state index is -4.41. The smallest absolute Gasteiger partial charge is 0.419 e. The number of benzene rings is 1. The van der Waals surface area contributed by atoms with Crippen molar-refractivity contribution in [3.05, 3.63) is 29.3 Å². The van der Waals surface area contributed by atoms with Gasteiger partial charge in [0.1, 0.15) is 11.9 Å². The van der Waals surface area contributed by atoms with E-state index in [4.69, 9.17) is 9.47 Å². The first kappa shape index (κ1) is 17.8. The van der Waals surface area contributed by atoms with E-state index in [0.29, 0.717) is 5.56 Å². The summed E-state index contributed by atoms with van der Waals surface area (Å²) in [5, 5.41) is 0. The number of methoxy groups -OCH3 is 1. The average molecular weight is 278 g/mol. The van der Waals surface area contributed by atoms with Gasteiger partial charge in [0.15, 0.2) is 0 Å². The molecule has 0 heterocycles. The Kier molecular flexibility index (Phi) is 7.52. The van der Waals surface area contributed by atoms with Gasteiger partial charge in [0.2, 0.25) is 0 Å². The Balaban J connectivity index is 0.00000154. The molecule has 5 heteroatoms. The van der Waals surface area contributed by atoms with Crippen LogP contribution in [0, 0.1) is 6.92 Å². The number of ether oxygens (including phenoxy) is 2. The molecule has 0 amide bonds. The van der Waals surface area contributed by atoms with E-state index in [-0.39, 0.29) is 12.4 Å². The third-order valence-corrected chi connectivity index (χ3v) is 2.17. The summed E-state index contributed by atoms with van der Waals surface area (Å²) in [5.74, 6) is -0.160. The molecule has 1 aromatic carbocycles. The minimum absolute atomic E-state index is 0.160. The summed E-state index contributed by atoms with van der Waals surface area (Å²) in [6, 6.07) is 4.00. The van der Waals surface area contributed by atoms with Crippen LogP contribution in [0.5, 0.6) is 5.75 Å². The van der Waals surface area contributed by atoms with Crippen molar-refractivity contribution >= 4 is 0 Å². The molecular formula is C14H21F3O2. The Hall–Kier alpha value is -1.23. The highest BCUT2D eigenvalue weighted by Crippen LogP contribution is 2.37. The van der Waals surface area contributed by atoms with Crippen molar-refractivity contribution in [2.45, 2.75) is 40.0 Å². The highest BCUT2D eigenvalue weighted by atomic mass is 19.4. The van der Waals surface area contributed by atoms with Crippen LogP contribution in [0.1, 0.15) is 31.9 Å². The van der Waals surface area contributed by atoms with Crippen LogP contribution in [0.2, 0.25) is 0 Å². The topological polar surface area (TPSA) is 18.5 Å². The molecule has 0 bridgehead atoms. The molecule has 0 fully saturated rings. The second-order valence-corrected chi connectivity index (χ2v) is 3.88. The molecule has 0 saturated heterocycles. The van der Waals surface area contributed by atoms with E-state index in [0.717, 1.165) is 6.07 Å². The number of rotatable bonds is 4. The lowest BCUT2D eigenvalue weighted by Gasteiger charge is -2.18. The lowest BCUT2D eigenvalue weighted by molar-refractivity contribution is -0.139. The van der Waals surface area contributed by atoms with E-state index in [1.165, 1.54) is 13.2 Å². The predicted molar refractivity (Wildman–Crippen MR) is 69.5 cm³/mol. The highest BCUT2D eigenvalue weighted by Gasteiger charge is 2.34. The van der Waals surface area contributed by atoms with Gasteiger partial charge in [0.25, 0.3) is 0 Å². The Morgan fingerprint density at radius 1 is 1.21 bits per heavy atom. The maximum Gasteiger partial charge on any atom is 0.419 e. The van der Waals surface area contributed by atoms with Crippen molar-refractivity contribution in [2.24, 2.45) is 0 Å². The molecule has 1 atom stereocenters. The summed E-state index contributed by atoms with van der Waals surface area (Å²) < 4.78 is 48.3. The van der Waals surface area contributed by atoms with E-state index in [2.05, 4.69) is 0 Å². The molecule has 0 aliphatic rings. The maximum absolute atomic E-state index is 12.8. The summed E-state index contributed by atoms with van der Waals surface area (Å²) >= 11 is 0. The SMILES string of the molecule is CC.COCC(C)Oc1ccc(C)cc1C(F)(F)F. The number of aryl methyl sites for hydroxylation is 1. The van der Waals surface area contributed by atoms with Gasteiger partial charge in [-0.1, -0.05) is 25.5 Å². The summed E-state index contributed by atoms with van der Waals surface area (Å²) in [5.41, 5.74) is -0.204. The van der Waals surface area contributed by atoms with Crippen LogP contribution < -0.4 is 4.74 Å². The lowest BCUT2D eigenvalue weighted by atomic mass is 10.1. The normalized spacial score (nSPS) is 12.4. The zero-order valence-corrected chi connectivity index (χ0v) is 12.0. The first-order valence-electron chi connectivity index (χ1n) is 6.18. The third kappa shape index (κ3) is 5.96. The second-order valence-electron chi connectivity index (χ2n) is 3.88. The van der Waals surface area contributed by atoms with Crippen molar-refractivity contribution in [3.8, 4) is 5.75 Å². The predicted octanol–water partition coefficient (Wildman–Crippen LogP) is 4.45. The van der Waals surface area contributed by atoms with Crippen molar-refractivity contribution < 1.29 is 22.6 Å². The number of hydrogen-bond acceptors (Lipinski definition) is 2. The maximum atomic E-state index is 12.8. The number of alkyl halides is 3. The largest absolute Gasteiger partial charge is 0.488 e. The fourth-order valence-electron chi connectivity index (χ4n) is 1.45. The molecule has 110 valence electrons. The van der Waals surface area contributed by atoms with E-state index >= 15 is 0 Å². The Morgan fingerprint density at radius 2 is 1.79 bits per heavy atom. The molecule has 19 heavy (non-hydrogen) atoms. The van der Waals surface area contributed by atoms with E-state index in [1.54, 1.807) is 19.9 Å². The second kappa shape index (κ2) is 8.04. The van der Waals surface area contributed by atoms with Gasteiger partial charge in [-0.25, -0.2) is 0 Å². The van der Waals surface area contributed by atoms with Crippen LogP contribution in [0.4, 0.5) is 13.2 Å². The molecule has 0 radical (unpaired) electrons. The van der Waals surface area contributed by atoms with Crippen LogP contribution in [0.15, 0.2) is 18.2 Å². The van der Waals surface area contributed by atoms with Crippen molar-refractivity contribution in [2.75, 3.05) is 13.7 Å². The van der Waals surface area contributed by atoms with Crippen molar-refractivity contribution in [3.63, 3.8) is 0 Å². The fraction of sp³-hybridized carbons (Fsp3) is 0.571. The molecule has 1 unspecified atom stereocenters. The molecule has 0 aromatic heterocycles. The molecule has 0 aliphatic carbocycles. The molecule has 0 saturated carbocycles. The summed E-state index contributed by atoms with van der Waals surface area (Å²) in [6.07, 6.45) is -4.84. The average Bonchev–Trinajstić information content (AvgIpc) is 2.33. The summed E-state index contributed by atoms with van der Waals surface area (Å²) in [7, 11) is 1.47. The Bertz CT molecular complexity index is 375. The van der Waals surface area contributed by atoms with Crippen LogP contribution in [0.3, 0.4) is 0 Å². The van der Waals surface area contributed by atoms with Gasteiger partial charge in [-0.2, -0.15) is 13.2 Å². The Labute approximate surface area is 112 Å². The molecule has 0 N–H and O–H groups in total. The standard InChI is InChI=1S/C12H15F3O2.C2H6/c1-8-4-5-11(17-9(2)7-16-3)10(6-8)12(13,14)15;1-2/h4-6,9H,7H2,1-3H3;1-2H3. The first-order valence-corrected chi connectivity index (χ1v) is 6.18. The fourth-order valence-corrected chi connectivity index (χ4v) is 1.45. The molecule has 1 aromatic rings. The van der Waals surface area contributed by atoms with E-state index in [1.807, 2.05) is 13.8 Å². The van der Waals surface area contributed by atoms with Gasteiger partial charge in [-0.15, -0.1) is 0 Å². The summed E-state index contributed by atoms with van der Waals surface area (Å²) in [6.45, 7) is 7.51. The zero-order valence-electron chi connectivity index (χ0n) is 12.0. The monoisotopic (exact) mass is 278 g/mol. The van der Waals surface area contributed by atoms with Gasteiger partial charge in [-0.3, -0.25) is 0 Å². The highest BCUT2D eigenvalue weighted by molar-refractivity contribution is 5.39. The van der Waals surface area contributed by atoms with Crippen LogP contribution in [-0.2, 0) is 10.9 Å². The minimum Gasteiger partial charge on any atom is -0.488 e. The zero-order chi connectivity index (χ0) is 15.1. The van der Waals surface area contributed by atoms with Gasteiger partial charge < -0.3 is 9.47 Å². The van der Waals surface area contributed by atoms with Crippen LogP contribution >= 0.6 is 0 Å². The third-order valence-electron chi connectivity index (χ3n) is 2.17. The van der Waals surface area contributed by atoms with E-state index in [9.17, 15) is 13.2 Å². The molecule has 1 rings (SSSR count).